The highest BCUT2D eigenvalue weighted by Crippen LogP contribution is 2.48. The van der Waals surface area contributed by atoms with Crippen LogP contribution in [0, 0.1) is 27.4 Å². The van der Waals surface area contributed by atoms with E-state index in [-0.39, 0.29) is 23.4 Å². The summed E-state index contributed by atoms with van der Waals surface area (Å²) in [6.07, 6.45) is 0. The Kier molecular flexibility index (Phi) is 4.65. The first-order valence-corrected chi connectivity index (χ1v) is 8.95. The number of nitrogens with one attached hydrogen (secondary N) is 1. The molecule has 0 aromatic heterocycles. The highest BCUT2D eigenvalue weighted by Gasteiger charge is 2.45. The minimum atomic E-state index is -0.529. The van der Waals surface area contributed by atoms with Crippen LogP contribution >= 0.6 is 11.6 Å². The Morgan fingerprint density at radius 1 is 1.29 bits per heavy atom. The van der Waals surface area contributed by atoms with Crippen LogP contribution < -0.4 is 11.3 Å². The number of nitrogens with two attached hydrogens (primary N) is 1. The first kappa shape index (κ1) is 18.3. The van der Waals surface area contributed by atoms with Crippen LogP contribution in [0.4, 0.5) is 5.69 Å². The summed E-state index contributed by atoms with van der Waals surface area (Å²) in [6, 6.07) is 16.1. The molecular formula is C19H16ClN5O3. The summed E-state index contributed by atoms with van der Waals surface area (Å²) in [5, 5.41) is 22.5. The van der Waals surface area contributed by atoms with Crippen molar-refractivity contribution in [2.45, 2.75) is 12.0 Å². The fraction of sp³-hybridized carbons (Fsp3) is 0.211. The predicted molar refractivity (Wildman–Crippen MR) is 101 cm³/mol. The summed E-state index contributed by atoms with van der Waals surface area (Å²) in [4.78, 5) is 10.8. The van der Waals surface area contributed by atoms with Gasteiger partial charge >= 0.3 is 0 Å². The van der Waals surface area contributed by atoms with Gasteiger partial charge in [0.1, 0.15) is 11.6 Å². The molecule has 0 saturated carbocycles. The smallest absolute Gasteiger partial charge is 0.288 e. The van der Waals surface area contributed by atoms with Crippen molar-refractivity contribution in [3.8, 4) is 6.07 Å². The second kappa shape index (κ2) is 7.13. The normalized spacial score (nSPS) is 24.1. The molecule has 0 aliphatic carbocycles. The molecule has 3 unspecified atom stereocenters. The van der Waals surface area contributed by atoms with Gasteiger partial charge in [0.2, 0.25) is 5.88 Å². The van der Waals surface area contributed by atoms with Gasteiger partial charge in [0.15, 0.2) is 0 Å². The second-order valence-electron chi connectivity index (χ2n) is 6.61. The molecule has 3 atom stereocenters. The molecule has 8 nitrogen and oxygen atoms in total. The van der Waals surface area contributed by atoms with Gasteiger partial charge in [-0.1, -0.05) is 48.0 Å². The lowest BCUT2D eigenvalue weighted by Crippen LogP contribution is -2.40. The van der Waals surface area contributed by atoms with Gasteiger partial charge in [-0.25, -0.2) is 5.84 Å². The second-order valence-corrected chi connectivity index (χ2v) is 7.02. The van der Waals surface area contributed by atoms with Crippen molar-refractivity contribution in [2.75, 3.05) is 6.61 Å². The van der Waals surface area contributed by atoms with Gasteiger partial charge in [0.05, 0.1) is 23.0 Å². The molecule has 3 N–H and O–H groups in total. The zero-order valence-electron chi connectivity index (χ0n) is 14.6. The molecule has 2 heterocycles. The number of rotatable bonds is 3. The molecule has 142 valence electrons. The van der Waals surface area contributed by atoms with Crippen molar-refractivity contribution in [2.24, 2.45) is 11.8 Å². The summed E-state index contributed by atoms with van der Waals surface area (Å²) in [5.41, 5.74) is 5.10. The highest BCUT2D eigenvalue weighted by molar-refractivity contribution is 6.32. The summed E-state index contributed by atoms with van der Waals surface area (Å²) in [7, 11) is 0. The summed E-state index contributed by atoms with van der Waals surface area (Å²) < 4.78 is 5.75. The van der Waals surface area contributed by atoms with Crippen LogP contribution in [0.2, 0.25) is 5.02 Å². The number of ether oxygens (including phenoxy) is 1. The quantitative estimate of drug-likeness (QED) is 0.464. The Labute approximate surface area is 165 Å². The molecule has 0 amide bonds. The number of hydrazine groups is 2. The first-order chi connectivity index (χ1) is 13.5. The number of hydrogen-bond acceptors (Lipinski definition) is 7. The average molecular weight is 398 g/mol. The Morgan fingerprint density at radius 3 is 2.71 bits per heavy atom. The van der Waals surface area contributed by atoms with Crippen molar-refractivity contribution in [1.29, 1.82) is 5.26 Å². The fourth-order valence-electron chi connectivity index (χ4n) is 3.80. The van der Waals surface area contributed by atoms with Crippen LogP contribution in [0.15, 0.2) is 60.0 Å². The van der Waals surface area contributed by atoms with Gasteiger partial charge in [-0.3, -0.25) is 15.5 Å². The topological polar surface area (TPSA) is 117 Å². The Balaban J connectivity index is 1.86. The Bertz CT molecular complexity index is 1000. The lowest BCUT2D eigenvalue weighted by molar-refractivity contribution is -0.384. The van der Waals surface area contributed by atoms with E-state index in [4.69, 9.17) is 22.2 Å². The minimum absolute atomic E-state index is 0.0492. The molecule has 0 fully saturated rings. The maximum atomic E-state index is 11.4. The minimum Gasteiger partial charge on any atom is -0.477 e. The number of nitriles is 1. The van der Waals surface area contributed by atoms with E-state index in [1.165, 1.54) is 17.3 Å². The van der Waals surface area contributed by atoms with E-state index in [9.17, 15) is 15.4 Å². The predicted octanol–water partition coefficient (Wildman–Crippen LogP) is 3.15. The van der Waals surface area contributed by atoms with Gasteiger partial charge in [0, 0.05) is 17.6 Å². The van der Waals surface area contributed by atoms with Crippen molar-refractivity contribution < 1.29 is 9.66 Å². The van der Waals surface area contributed by atoms with E-state index in [0.29, 0.717) is 11.4 Å². The van der Waals surface area contributed by atoms with E-state index >= 15 is 0 Å². The number of hydrogen-bond donors (Lipinski definition) is 2. The van der Waals surface area contributed by atoms with Crippen LogP contribution in [0.3, 0.4) is 0 Å². The number of nitro groups is 1. The number of halogens is 1. The SMILES string of the molecule is N#CC1COC2=C(C1c1ccc(Cl)c([N+](=O)[O-])c1)C(c1ccccc1)N(N)N2. The van der Waals surface area contributed by atoms with Crippen molar-refractivity contribution in [1.82, 2.24) is 10.5 Å². The number of nitrogens with zero attached hydrogens (tertiary/aromatic N) is 3. The van der Waals surface area contributed by atoms with Crippen LogP contribution in [0.25, 0.3) is 0 Å². The van der Waals surface area contributed by atoms with E-state index in [1.54, 1.807) is 6.07 Å². The molecule has 2 aliphatic rings. The molecule has 2 aromatic carbocycles. The molecule has 0 bridgehead atoms. The molecule has 2 aliphatic heterocycles. The maximum Gasteiger partial charge on any atom is 0.288 e. The van der Waals surface area contributed by atoms with Crippen LogP contribution in [0.1, 0.15) is 23.1 Å². The van der Waals surface area contributed by atoms with Crippen LogP contribution in [-0.4, -0.2) is 16.6 Å². The van der Waals surface area contributed by atoms with Crippen molar-refractivity contribution in [3.63, 3.8) is 0 Å². The zero-order valence-corrected chi connectivity index (χ0v) is 15.3. The molecular weight excluding hydrogens is 382 g/mol. The molecule has 0 radical (unpaired) electrons. The number of nitro benzene ring substituents is 1. The molecule has 28 heavy (non-hydrogen) atoms. The Hall–Kier alpha value is -3.12. The molecule has 0 spiro atoms. The van der Waals surface area contributed by atoms with Crippen LogP contribution in [-0.2, 0) is 4.74 Å². The first-order valence-electron chi connectivity index (χ1n) is 8.57. The third kappa shape index (κ3) is 2.96. The summed E-state index contributed by atoms with van der Waals surface area (Å²) in [6.45, 7) is 0.152. The van der Waals surface area contributed by atoms with Gasteiger partial charge in [-0.15, -0.1) is 5.12 Å². The van der Waals surface area contributed by atoms with E-state index < -0.39 is 16.8 Å². The third-order valence-corrected chi connectivity index (χ3v) is 5.34. The third-order valence-electron chi connectivity index (χ3n) is 5.02. The molecule has 9 heteroatoms. The largest absolute Gasteiger partial charge is 0.477 e. The van der Waals surface area contributed by atoms with Crippen molar-refractivity contribution in [3.05, 3.63) is 86.3 Å². The Morgan fingerprint density at radius 2 is 2.04 bits per heavy atom. The van der Waals surface area contributed by atoms with Gasteiger partial charge in [0.25, 0.3) is 5.69 Å². The van der Waals surface area contributed by atoms with Crippen LogP contribution in [0.5, 0.6) is 0 Å². The average Bonchev–Trinajstić information content (AvgIpc) is 3.04. The summed E-state index contributed by atoms with van der Waals surface area (Å²) in [5.74, 6) is 5.70. The van der Waals surface area contributed by atoms with E-state index in [1.807, 2.05) is 30.3 Å². The van der Waals surface area contributed by atoms with Gasteiger partial charge < -0.3 is 4.74 Å². The van der Waals surface area contributed by atoms with Crippen molar-refractivity contribution >= 4 is 17.3 Å². The molecule has 0 saturated heterocycles. The van der Waals surface area contributed by atoms with E-state index in [0.717, 1.165) is 11.1 Å². The standard InChI is InChI=1S/C19H16ClN5O3/c20-14-7-6-12(8-15(14)25(26)27)16-13(9-21)10-28-19-17(16)18(24(22)23-19)11-4-2-1-3-5-11/h1-8,13,16,18,23H,10,22H2. The highest BCUT2D eigenvalue weighted by atomic mass is 35.5. The molecule has 2 aromatic rings. The molecule has 4 rings (SSSR count). The maximum absolute atomic E-state index is 11.4. The summed E-state index contributed by atoms with van der Waals surface area (Å²) >= 11 is 5.98. The monoisotopic (exact) mass is 397 g/mol. The van der Waals surface area contributed by atoms with E-state index in [2.05, 4.69) is 11.5 Å². The van der Waals surface area contributed by atoms with Gasteiger partial charge in [-0.05, 0) is 17.2 Å². The lowest BCUT2D eigenvalue weighted by Gasteiger charge is -2.31. The fourth-order valence-corrected chi connectivity index (χ4v) is 3.98. The number of benzene rings is 2. The lowest BCUT2D eigenvalue weighted by atomic mass is 9.76. The zero-order chi connectivity index (χ0) is 19.8. The van der Waals surface area contributed by atoms with Gasteiger partial charge in [-0.2, -0.15) is 5.26 Å².